The van der Waals surface area contributed by atoms with Gasteiger partial charge in [-0.15, -0.1) is 22.7 Å². The molecule has 1 aliphatic carbocycles. The van der Waals surface area contributed by atoms with Crippen LogP contribution in [0.1, 0.15) is 38.8 Å². The molecule has 5 heteroatoms. The maximum absolute atomic E-state index is 4.64. The highest BCUT2D eigenvalue weighted by molar-refractivity contribution is 7.15. The number of rotatable bonds is 4. The maximum atomic E-state index is 4.64. The molecule has 0 aliphatic heterocycles. The van der Waals surface area contributed by atoms with E-state index in [2.05, 4.69) is 40.0 Å². The average molecular weight is 317 g/mol. The molecule has 21 heavy (non-hydrogen) atoms. The fraction of sp³-hybridized carbons (Fsp3) is 0.438. The third-order valence-electron chi connectivity index (χ3n) is 4.22. The summed E-state index contributed by atoms with van der Waals surface area (Å²) < 4.78 is 2.28. The number of fused-ring (bicyclic) bond motifs is 2. The largest absolute Gasteiger partial charge is 0.306 e. The summed E-state index contributed by atoms with van der Waals surface area (Å²) in [5.41, 5.74) is 5.31. The van der Waals surface area contributed by atoms with E-state index in [1.165, 1.54) is 35.5 Å². The van der Waals surface area contributed by atoms with E-state index in [4.69, 9.17) is 0 Å². The summed E-state index contributed by atoms with van der Waals surface area (Å²) in [5, 5.41) is 5.77. The highest BCUT2D eigenvalue weighted by atomic mass is 32.1. The second-order valence-electron chi connectivity index (χ2n) is 5.76. The van der Waals surface area contributed by atoms with Crippen molar-refractivity contribution in [3.63, 3.8) is 0 Å². The number of thiazole rings is 1. The van der Waals surface area contributed by atoms with Crippen LogP contribution in [-0.4, -0.2) is 9.38 Å². The highest BCUT2D eigenvalue weighted by Crippen LogP contribution is 2.30. The summed E-state index contributed by atoms with van der Waals surface area (Å²) in [5.74, 6) is 0. The zero-order valence-corrected chi connectivity index (χ0v) is 14.0. The Bertz CT molecular complexity index is 773. The van der Waals surface area contributed by atoms with Crippen molar-refractivity contribution in [1.29, 1.82) is 0 Å². The number of hydrogen-bond donors (Lipinski definition) is 1. The average Bonchev–Trinajstić information content (AvgIpc) is 3.15. The van der Waals surface area contributed by atoms with Crippen molar-refractivity contribution in [3.8, 4) is 0 Å². The van der Waals surface area contributed by atoms with Gasteiger partial charge in [-0.25, -0.2) is 4.98 Å². The van der Waals surface area contributed by atoms with Crippen molar-refractivity contribution in [3.05, 3.63) is 43.8 Å². The van der Waals surface area contributed by atoms with Gasteiger partial charge in [0.05, 0.1) is 11.4 Å². The SMILES string of the molecule is Cc1nc2scc(C)n2c1CNCc1cc2c(s1)CCC2. The third kappa shape index (κ3) is 2.33. The second kappa shape index (κ2) is 5.23. The fourth-order valence-electron chi connectivity index (χ4n) is 3.16. The number of thiophene rings is 1. The summed E-state index contributed by atoms with van der Waals surface area (Å²) in [6, 6.07) is 2.40. The Kier molecular flexibility index (Phi) is 3.36. The molecule has 1 aliphatic rings. The first-order chi connectivity index (χ1) is 10.2. The second-order valence-corrected chi connectivity index (χ2v) is 7.82. The number of imidazole rings is 1. The van der Waals surface area contributed by atoms with Crippen LogP contribution in [0.3, 0.4) is 0 Å². The summed E-state index contributed by atoms with van der Waals surface area (Å²) in [6.45, 7) is 6.11. The lowest BCUT2D eigenvalue weighted by molar-refractivity contribution is 0.676. The summed E-state index contributed by atoms with van der Waals surface area (Å²) in [7, 11) is 0. The number of aromatic nitrogens is 2. The molecule has 110 valence electrons. The predicted octanol–water partition coefficient (Wildman–Crippen LogP) is 3.85. The topological polar surface area (TPSA) is 29.3 Å². The van der Waals surface area contributed by atoms with Gasteiger partial charge in [0.25, 0.3) is 0 Å². The van der Waals surface area contributed by atoms with Crippen LogP contribution in [0.25, 0.3) is 4.96 Å². The molecule has 0 saturated heterocycles. The predicted molar refractivity (Wildman–Crippen MR) is 89.4 cm³/mol. The molecule has 0 unspecified atom stereocenters. The van der Waals surface area contributed by atoms with Crippen LogP contribution in [0.2, 0.25) is 0 Å². The van der Waals surface area contributed by atoms with E-state index in [1.54, 1.807) is 21.8 Å². The van der Waals surface area contributed by atoms with Gasteiger partial charge < -0.3 is 5.32 Å². The Morgan fingerprint density at radius 3 is 3.05 bits per heavy atom. The minimum absolute atomic E-state index is 0.882. The molecule has 0 aromatic carbocycles. The first kappa shape index (κ1) is 13.5. The molecule has 0 spiro atoms. The Morgan fingerprint density at radius 1 is 1.29 bits per heavy atom. The Labute approximate surface area is 132 Å². The van der Waals surface area contributed by atoms with E-state index in [0.717, 1.165) is 23.7 Å². The molecule has 0 atom stereocenters. The Morgan fingerprint density at radius 2 is 2.19 bits per heavy atom. The molecule has 0 saturated carbocycles. The summed E-state index contributed by atoms with van der Waals surface area (Å²) in [6.07, 6.45) is 3.91. The van der Waals surface area contributed by atoms with Crippen LogP contribution < -0.4 is 5.32 Å². The first-order valence-corrected chi connectivity index (χ1v) is 9.15. The van der Waals surface area contributed by atoms with Gasteiger partial charge in [0.1, 0.15) is 0 Å². The van der Waals surface area contributed by atoms with Gasteiger partial charge in [-0.3, -0.25) is 4.40 Å². The molecular weight excluding hydrogens is 298 g/mol. The lowest BCUT2D eigenvalue weighted by atomic mass is 10.2. The number of aryl methyl sites for hydroxylation is 4. The van der Waals surface area contributed by atoms with E-state index in [-0.39, 0.29) is 0 Å². The van der Waals surface area contributed by atoms with Crippen molar-refractivity contribution in [2.45, 2.75) is 46.2 Å². The first-order valence-electron chi connectivity index (χ1n) is 7.45. The van der Waals surface area contributed by atoms with Crippen LogP contribution in [-0.2, 0) is 25.9 Å². The van der Waals surface area contributed by atoms with Gasteiger partial charge in [0, 0.05) is 33.9 Å². The third-order valence-corrected chi connectivity index (χ3v) is 6.40. The van der Waals surface area contributed by atoms with Crippen LogP contribution >= 0.6 is 22.7 Å². The monoisotopic (exact) mass is 317 g/mol. The quantitative estimate of drug-likeness (QED) is 0.792. The van der Waals surface area contributed by atoms with E-state index in [9.17, 15) is 0 Å². The normalized spacial score (nSPS) is 14.2. The molecule has 1 N–H and O–H groups in total. The van der Waals surface area contributed by atoms with Crippen molar-refractivity contribution in [2.75, 3.05) is 0 Å². The smallest absolute Gasteiger partial charge is 0.194 e. The van der Waals surface area contributed by atoms with E-state index in [0.29, 0.717) is 0 Å². The van der Waals surface area contributed by atoms with Crippen molar-refractivity contribution in [1.82, 2.24) is 14.7 Å². The van der Waals surface area contributed by atoms with E-state index >= 15 is 0 Å². The molecule has 0 radical (unpaired) electrons. The maximum Gasteiger partial charge on any atom is 0.194 e. The molecule has 0 amide bonds. The van der Waals surface area contributed by atoms with Crippen molar-refractivity contribution >= 4 is 27.6 Å². The van der Waals surface area contributed by atoms with Gasteiger partial charge >= 0.3 is 0 Å². The molecule has 3 aromatic rings. The zero-order valence-electron chi connectivity index (χ0n) is 12.4. The van der Waals surface area contributed by atoms with Crippen LogP contribution in [0, 0.1) is 13.8 Å². The van der Waals surface area contributed by atoms with E-state index in [1.807, 2.05) is 11.3 Å². The van der Waals surface area contributed by atoms with Crippen molar-refractivity contribution < 1.29 is 0 Å². The van der Waals surface area contributed by atoms with Gasteiger partial charge in [-0.2, -0.15) is 0 Å². The lowest BCUT2D eigenvalue weighted by Gasteiger charge is -2.05. The van der Waals surface area contributed by atoms with Crippen LogP contribution in [0.5, 0.6) is 0 Å². The Hall–Kier alpha value is -1.17. The summed E-state index contributed by atoms with van der Waals surface area (Å²) in [4.78, 5) is 8.84. The van der Waals surface area contributed by atoms with Crippen LogP contribution in [0.15, 0.2) is 11.4 Å². The van der Waals surface area contributed by atoms with Crippen molar-refractivity contribution in [2.24, 2.45) is 0 Å². The molecule has 0 bridgehead atoms. The molecule has 3 nitrogen and oxygen atoms in total. The molecule has 4 rings (SSSR count). The minimum Gasteiger partial charge on any atom is -0.306 e. The lowest BCUT2D eigenvalue weighted by Crippen LogP contribution is -2.14. The fourth-order valence-corrected chi connectivity index (χ4v) is 5.32. The van der Waals surface area contributed by atoms with Gasteiger partial charge in [0.2, 0.25) is 0 Å². The van der Waals surface area contributed by atoms with Gasteiger partial charge in [-0.05, 0) is 44.7 Å². The summed E-state index contributed by atoms with van der Waals surface area (Å²) >= 11 is 3.71. The minimum atomic E-state index is 0.882. The molecule has 0 fully saturated rings. The van der Waals surface area contributed by atoms with Crippen LogP contribution in [0.4, 0.5) is 0 Å². The molecule has 3 aromatic heterocycles. The highest BCUT2D eigenvalue weighted by Gasteiger charge is 2.15. The standard InChI is InChI=1S/C16H19N3S2/c1-10-9-20-16-18-11(2)14(19(10)16)8-17-7-13-6-12-4-3-5-15(12)21-13/h6,9,17H,3-5,7-8H2,1-2H3. The Balaban J connectivity index is 1.48. The number of nitrogens with zero attached hydrogens (tertiary/aromatic N) is 2. The van der Waals surface area contributed by atoms with Gasteiger partial charge in [-0.1, -0.05) is 0 Å². The molecular formula is C16H19N3S2. The zero-order chi connectivity index (χ0) is 14.4. The van der Waals surface area contributed by atoms with E-state index < -0.39 is 0 Å². The molecule has 3 heterocycles. The number of hydrogen-bond acceptors (Lipinski definition) is 4. The number of nitrogens with one attached hydrogen (secondary N) is 1. The van der Waals surface area contributed by atoms with Gasteiger partial charge in [0.15, 0.2) is 4.96 Å².